The van der Waals surface area contributed by atoms with Crippen LogP contribution in [0.15, 0.2) is 85.1 Å². The molecule has 2 heterocycles. The number of anilines is 1. The van der Waals surface area contributed by atoms with Gasteiger partial charge in [0, 0.05) is 18.8 Å². The van der Waals surface area contributed by atoms with Crippen molar-refractivity contribution in [3.8, 4) is 0 Å². The molecule has 30 heavy (non-hydrogen) atoms. The van der Waals surface area contributed by atoms with Gasteiger partial charge in [0.25, 0.3) is 0 Å². The van der Waals surface area contributed by atoms with E-state index in [4.69, 9.17) is 10.6 Å². The third-order valence-corrected chi connectivity index (χ3v) is 4.81. The number of nitrogens with one attached hydrogen (secondary N) is 1. The summed E-state index contributed by atoms with van der Waals surface area (Å²) < 4.78 is 1.76. The monoisotopic (exact) mass is 398 g/mol. The maximum atomic E-state index is 13.1. The van der Waals surface area contributed by atoms with Crippen molar-refractivity contribution in [2.24, 2.45) is 0 Å². The van der Waals surface area contributed by atoms with E-state index in [0.29, 0.717) is 23.5 Å². The first-order chi connectivity index (χ1) is 14.7. The molecule has 0 amide bonds. The molecule has 0 saturated carbocycles. The van der Waals surface area contributed by atoms with Crippen LogP contribution >= 0.6 is 0 Å². The van der Waals surface area contributed by atoms with E-state index in [0.717, 1.165) is 16.7 Å². The van der Waals surface area contributed by atoms with E-state index in [1.54, 1.807) is 23.6 Å². The zero-order valence-electron chi connectivity index (χ0n) is 16.6. The van der Waals surface area contributed by atoms with Crippen molar-refractivity contribution in [2.45, 2.75) is 0 Å². The molecule has 0 radical (unpaired) electrons. The van der Waals surface area contributed by atoms with E-state index in [-0.39, 0.29) is 11.6 Å². The number of carbonyl (C=O) groups is 1. The molecule has 150 valence electrons. The van der Waals surface area contributed by atoms with Gasteiger partial charge in [-0.3, -0.25) is 14.0 Å². The van der Waals surface area contributed by atoms with Crippen molar-refractivity contribution in [1.29, 1.82) is 0 Å². The number of fused-ring (bicyclic) bond motifs is 1. The molecule has 0 aliphatic heterocycles. The van der Waals surface area contributed by atoms with E-state index in [1.807, 2.05) is 72.9 Å². The first kappa shape index (κ1) is 19.6. The van der Waals surface area contributed by atoms with Gasteiger partial charge in [-0.1, -0.05) is 60.7 Å². The van der Waals surface area contributed by atoms with Crippen LogP contribution in [0.4, 0.5) is 5.82 Å². The van der Waals surface area contributed by atoms with Gasteiger partial charge in [0.05, 0.1) is 6.61 Å². The molecule has 0 aliphatic rings. The molecule has 0 unspecified atom stereocenters. The average molecular weight is 398 g/mol. The second-order valence-electron chi connectivity index (χ2n) is 6.69. The van der Waals surface area contributed by atoms with E-state index in [9.17, 15) is 4.79 Å². The lowest BCUT2D eigenvalue weighted by molar-refractivity contribution is 0.0813. The average Bonchev–Trinajstić information content (AvgIpc) is 3.12. The highest BCUT2D eigenvalue weighted by Gasteiger charge is 2.19. The van der Waals surface area contributed by atoms with Gasteiger partial charge in [-0.05, 0) is 34.9 Å². The van der Waals surface area contributed by atoms with E-state index in [1.165, 1.54) is 0 Å². The normalized spacial score (nSPS) is 11.7. The Bertz CT molecular complexity index is 1200. The Morgan fingerprint density at radius 2 is 1.67 bits per heavy atom. The SMILES string of the molecule is CNOC/C=C(\c1ccccc1)c1ccc2nc(N)c(C(=O)c3ccccc3)n2c1. The Balaban J connectivity index is 1.83. The van der Waals surface area contributed by atoms with Crippen LogP contribution in [0.5, 0.6) is 0 Å². The Morgan fingerprint density at radius 1 is 1.00 bits per heavy atom. The number of nitrogens with two attached hydrogens (primary N) is 1. The second-order valence-corrected chi connectivity index (χ2v) is 6.69. The summed E-state index contributed by atoms with van der Waals surface area (Å²) in [6.07, 6.45) is 3.89. The van der Waals surface area contributed by atoms with Gasteiger partial charge in [0.2, 0.25) is 5.78 Å². The van der Waals surface area contributed by atoms with Crippen molar-refractivity contribution in [3.05, 3.63) is 107 Å². The van der Waals surface area contributed by atoms with Crippen LogP contribution in [-0.4, -0.2) is 28.8 Å². The standard InChI is InChI=1S/C24H22N4O2/c1-26-30-15-14-20(17-8-4-2-5-9-17)19-12-13-21-27-24(25)22(28(21)16-19)23(29)18-10-6-3-7-11-18/h2-14,16,26H,15,25H2,1H3/b20-14+. The van der Waals surface area contributed by atoms with Crippen molar-refractivity contribution < 1.29 is 9.63 Å². The minimum Gasteiger partial charge on any atom is -0.382 e. The number of pyridine rings is 1. The summed E-state index contributed by atoms with van der Waals surface area (Å²) in [5, 5.41) is 0. The molecule has 0 saturated heterocycles. The minimum absolute atomic E-state index is 0.165. The predicted molar refractivity (Wildman–Crippen MR) is 118 cm³/mol. The fourth-order valence-corrected chi connectivity index (χ4v) is 3.40. The number of hydroxylamine groups is 1. The third-order valence-electron chi connectivity index (χ3n) is 4.81. The Labute approximate surface area is 174 Å². The number of hydrogen-bond donors (Lipinski definition) is 2. The second kappa shape index (κ2) is 8.73. The summed E-state index contributed by atoms with van der Waals surface area (Å²) in [4.78, 5) is 22.8. The van der Waals surface area contributed by atoms with E-state index in [2.05, 4.69) is 10.5 Å². The Hall–Kier alpha value is -3.74. The third kappa shape index (κ3) is 3.87. The van der Waals surface area contributed by atoms with E-state index >= 15 is 0 Å². The lowest BCUT2D eigenvalue weighted by Gasteiger charge is -2.11. The molecule has 4 rings (SSSR count). The van der Waals surface area contributed by atoms with Gasteiger partial charge in [-0.25, -0.2) is 10.5 Å². The van der Waals surface area contributed by atoms with Crippen LogP contribution < -0.4 is 11.2 Å². The molecule has 0 spiro atoms. The molecular weight excluding hydrogens is 376 g/mol. The van der Waals surface area contributed by atoms with Crippen LogP contribution in [0.1, 0.15) is 27.2 Å². The lowest BCUT2D eigenvalue weighted by Crippen LogP contribution is -2.09. The highest BCUT2D eigenvalue weighted by atomic mass is 16.6. The number of benzene rings is 2. The molecule has 6 heteroatoms. The smallest absolute Gasteiger partial charge is 0.213 e. The summed E-state index contributed by atoms with van der Waals surface area (Å²) in [7, 11) is 1.72. The topological polar surface area (TPSA) is 81.7 Å². The number of rotatable bonds is 7. The number of nitrogens with zero attached hydrogens (tertiary/aromatic N) is 2. The van der Waals surface area contributed by atoms with Gasteiger partial charge in [-0.15, -0.1) is 0 Å². The minimum atomic E-state index is -0.165. The van der Waals surface area contributed by atoms with Gasteiger partial charge in [0.1, 0.15) is 11.3 Å². The van der Waals surface area contributed by atoms with Crippen LogP contribution in [0, 0.1) is 0 Å². The summed E-state index contributed by atoms with van der Waals surface area (Å²) >= 11 is 0. The molecule has 0 fully saturated rings. The molecule has 6 nitrogen and oxygen atoms in total. The number of aromatic nitrogens is 2. The molecule has 0 aliphatic carbocycles. The van der Waals surface area contributed by atoms with Crippen molar-refractivity contribution in [2.75, 3.05) is 19.4 Å². The maximum absolute atomic E-state index is 13.1. The fourth-order valence-electron chi connectivity index (χ4n) is 3.40. The van der Waals surface area contributed by atoms with Crippen LogP contribution in [0.25, 0.3) is 11.2 Å². The number of carbonyl (C=O) groups excluding carboxylic acids is 1. The molecule has 2 aromatic carbocycles. The quantitative estimate of drug-likeness (QED) is 0.282. The fraction of sp³-hybridized carbons (Fsp3) is 0.0833. The van der Waals surface area contributed by atoms with Crippen LogP contribution in [0.2, 0.25) is 0 Å². The van der Waals surface area contributed by atoms with Crippen molar-refractivity contribution >= 4 is 22.8 Å². The van der Waals surface area contributed by atoms with E-state index < -0.39 is 0 Å². The number of ketones is 1. The van der Waals surface area contributed by atoms with Crippen LogP contribution in [-0.2, 0) is 4.84 Å². The summed E-state index contributed by atoms with van der Waals surface area (Å²) in [5.74, 6) is 0.0475. The Morgan fingerprint density at radius 3 is 2.33 bits per heavy atom. The van der Waals surface area contributed by atoms with Gasteiger partial charge in [0.15, 0.2) is 5.82 Å². The zero-order valence-corrected chi connectivity index (χ0v) is 16.6. The molecule has 0 atom stereocenters. The molecule has 4 aromatic rings. The summed E-state index contributed by atoms with van der Waals surface area (Å²) in [5.41, 5.74) is 13.3. The lowest BCUT2D eigenvalue weighted by atomic mass is 9.99. The van der Waals surface area contributed by atoms with Gasteiger partial charge in [-0.2, -0.15) is 0 Å². The largest absolute Gasteiger partial charge is 0.382 e. The predicted octanol–water partition coefficient (Wildman–Crippen LogP) is 3.73. The maximum Gasteiger partial charge on any atom is 0.213 e. The van der Waals surface area contributed by atoms with Crippen molar-refractivity contribution in [1.82, 2.24) is 14.9 Å². The van der Waals surface area contributed by atoms with Gasteiger partial charge < -0.3 is 5.73 Å². The molecular formula is C24H22N4O2. The van der Waals surface area contributed by atoms with Crippen LogP contribution in [0.3, 0.4) is 0 Å². The Kier molecular flexibility index (Phi) is 5.70. The number of imidazole rings is 1. The number of hydrogen-bond acceptors (Lipinski definition) is 5. The summed E-state index contributed by atoms with van der Waals surface area (Å²) in [6.45, 7) is 0.390. The first-order valence-corrected chi connectivity index (χ1v) is 9.61. The summed E-state index contributed by atoms with van der Waals surface area (Å²) in [6, 6.07) is 22.9. The molecule has 3 N–H and O–H groups in total. The molecule has 0 bridgehead atoms. The zero-order chi connectivity index (χ0) is 20.9. The molecule has 2 aromatic heterocycles. The highest BCUT2D eigenvalue weighted by molar-refractivity contribution is 6.11. The van der Waals surface area contributed by atoms with Crippen molar-refractivity contribution in [3.63, 3.8) is 0 Å². The van der Waals surface area contributed by atoms with Gasteiger partial charge >= 0.3 is 0 Å². The number of nitrogen functional groups attached to an aromatic ring is 1. The highest BCUT2D eigenvalue weighted by Crippen LogP contribution is 2.26. The first-order valence-electron chi connectivity index (χ1n) is 9.61.